The third-order valence-electron chi connectivity index (χ3n) is 4.42. The highest BCUT2D eigenvalue weighted by Gasteiger charge is 2.40. The van der Waals surface area contributed by atoms with Gasteiger partial charge < -0.3 is 9.88 Å². The Morgan fingerprint density at radius 2 is 2.35 bits per heavy atom. The Morgan fingerprint density at radius 3 is 2.88 bits per heavy atom. The number of nitrogens with zero attached hydrogens (tertiary/aromatic N) is 2. The second-order valence-electron chi connectivity index (χ2n) is 5.83. The molecule has 3 nitrogen and oxygen atoms in total. The van der Waals surface area contributed by atoms with Gasteiger partial charge in [0, 0.05) is 18.9 Å². The molecule has 1 aromatic heterocycles. The van der Waals surface area contributed by atoms with Crippen LogP contribution in [0, 0.1) is 11.3 Å². The van der Waals surface area contributed by atoms with Crippen LogP contribution in [0.25, 0.3) is 0 Å². The van der Waals surface area contributed by atoms with Crippen LogP contribution in [-0.4, -0.2) is 16.6 Å². The summed E-state index contributed by atoms with van der Waals surface area (Å²) in [5.74, 6) is 1.90. The summed E-state index contributed by atoms with van der Waals surface area (Å²) < 4.78 is 2.26. The Hall–Kier alpha value is -0.830. The van der Waals surface area contributed by atoms with Crippen LogP contribution < -0.4 is 5.32 Å². The van der Waals surface area contributed by atoms with E-state index < -0.39 is 0 Å². The third-order valence-corrected chi connectivity index (χ3v) is 4.42. The van der Waals surface area contributed by atoms with Gasteiger partial charge in [0.1, 0.15) is 5.82 Å². The van der Waals surface area contributed by atoms with Gasteiger partial charge in [0.25, 0.3) is 0 Å². The Kier molecular flexibility index (Phi) is 3.57. The molecule has 0 radical (unpaired) electrons. The lowest BCUT2D eigenvalue weighted by molar-refractivity contribution is 0.195. The van der Waals surface area contributed by atoms with Gasteiger partial charge in [-0.3, -0.25) is 0 Å². The van der Waals surface area contributed by atoms with E-state index in [4.69, 9.17) is 0 Å². The zero-order valence-electron chi connectivity index (χ0n) is 11.5. The zero-order chi connectivity index (χ0) is 12.5. The van der Waals surface area contributed by atoms with E-state index in [1.54, 1.807) is 0 Å². The Balaban J connectivity index is 2.28. The molecule has 0 spiro atoms. The lowest BCUT2D eigenvalue weighted by atomic mass is 9.77. The number of hydrogen-bond donors (Lipinski definition) is 1. The van der Waals surface area contributed by atoms with E-state index >= 15 is 0 Å². The van der Waals surface area contributed by atoms with Crippen molar-refractivity contribution in [1.29, 1.82) is 0 Å². The Labute approximate surface area is 105 Å². The number of aromatic nitrogens is 2. The molecule has 2 rings (SSSR count). The first-order valence-electron chi connectivity index (χ1n) is 6.78. The second-order valence-corrected chi connectivity index (χ2v) is 5.83. The van der Waals surface area contributed by atoms with Crippen molar-refractivity contribution in [2.24, 2.45) is 11.3 Å². The number of rotatable bonds is 4. The molecule has 0 saturated heterocycles. The molecule has 17 heavy (non-hydrogen) atoms. The fraction of sp³-hybridized carbons (Fsp3) is 0.786. The van der Waals surface area contributed by atoms with Crippen molar-refractivity contribution in [3.05, 3.63) is 18.2 Å². The normalized spacial score (nSPS) is 25.1. The first-order valence-corrected chi connectivity index (χ1v) is 6.78. The number of nitrogens with one attached hydrogen (secondary N) is 1. The molecule has 1 fully saturated rings. The molecule has 0 aliphatic heterocycles. The lowest BCUT2D eigenvalue weighted by Crippen LogP contribution is -2.33. The minimum atomic E-state index is 0.391. The fourth-order valence-corrected chi connectivity index (χ4v) is 3.35. The predicted molar refractivity (Wildman–Crippen MR) is 70.8 cm³/mol. The number of hydrogen-bond acceptors (Lipinski definition) is 2. The van der Waals surface area contributed by atoms with Gasteiger partial charge in [-0.2, -0.15) is 0 Å². The van der Waals surface area contributed by atoms with Crippen molar-refractivity contribution in [3.63, 3.8) is 0 Å². The summed E-state index contributed by atoms with van der Waals surface area (Å²) in [5, 5.41) is 3.49. The highest BCUT2D eigenvalue weighted by molar-refractivity contribution is 5.05. The molecule has 2 unspecified atom stereocenters. The highest BCUT2D eigenvalue weighted by Crippen LogP contribution is 2.48. The number of imidazole rings is 1. The quantitative estimate of drug-likeness (QED) is 0.869. The van der Waals surface area contributed by atoms with E-state index in [1.165, 1.54) is 25.1 Å². The first-order chi connectivity index (χ1) is 8.10. The van der Waals surface area contributed by atoms with E-state index in [0.29, 0.717) is 17.4 Å². The maximum absolute atomic E-state index is 4.57. The van der Waals surface area contributed by atoms with Gasteiger partial charge in [0.15, 0.2) is 0 Å². The lowest BCUT2D eigenvalue weighted by Gasteiger charge is -2.33. The van der Waals surface area contributed by atoms with Gasteiger partial charge in [-0.25, -0.2) is 4.98 Å². The van der Waals surface area contributed by atoms with E-state index in [9.17, 15) is 0 Å². The van der Waals surface area contributed by atoms with Crippen LogP contribution in [0.15, 0.2) is 12.4 Å². The molecule has 1 aliphatic carbocycles. The molecule has 2 atom stereocenters. The van der Waals surface area contributed by atoms with Crippen molar-refractivity contribution in [1.82, 2.24) is 14.9 Å². The van der Waals surface area contributed by atoms with Crippen LogP contribution in [0.5, 0.6) is 0 Å². The summed E-state index contributed by atoms with van der Waals surface area (Å²) in [7, 11) is 2.06. The van der Waals surface area contributed by atoms with Gasteiger partial charge in [-0.05, 0) is 38.1 Å². The molecular weight excluding hydrogens is 210 g/mol. The fourth-order valence-electron chi connectivity index (χ4n) is 3.35. The van der Waals surface area contributed by atoms with Gasteiger partial charge in [0.2, 0.25) is 0 Å². The summed E-state index contributed by atoms with van der Waals surface area (Å²) in [6.45, 7) is 7.97. The van der Waals surface area contributed by atoms with E-state index in [0.717, 1.165) is 6.54 Å². The minimum absolute atomic E-state index is 0.391. The monoisotopic (exact) mass is 235 g/mol. The van der Waals surface area contributed by atoms with Gasteiger partial charge in [-0.1, -0.05) is 20.3 Å². The SMILES string of the molecule is CCn1ccnc1C(NC)C1CCCC1(C)C. The molecule has 1 aliphatic rings. The van der Waals surface area contributed by atoms with E-state index in [1.807, 2.05) is 6.20 Å². The highest BCUT2D eigenvalue weighted by atomic mass is 15.1. The van der Waals surface area contributed by atoms with Crippen LogP contribution in [0.4, 0.5) is 0 Å². The summed E-state index contributed by atoms with van der Waals surface area (Å²) in [5.41, 5.74) is 0.429. The Bertz CT molecular complexity index is 367. The topological polar surface area (TPSA) is 29.9 Å². The summed E-state index contributed by atoms with van der Waals surface area (Å²) >= 11 is 0. The molecular formula is C14H25N3. The predicted octanol–water partition coefficient (Wildman–Crippen LogP) is 2.99. The molecule has 0 bridgehead atoms. The zero-order valence-corrected chi connectivity index (χ0v) is 11.5. The molecule has 1 aromatic rings. The molecule has 0 amide bonds. The maximum atomic E-state index is 4.57. The van der Waals surface area contributed by atoms with Crippen molar-refractivity contribution in [2.45, 2.75) is 52.6 Å². The number of aryl methyl sites for hydroxylation is 1. The van der Waals surface area contributed by atoms with Crippen LogP contribution >= 0.6 is 0 Å². The van der Waals surface area contributed by atoms with E-state index in [2.05, 4.69) is 48.9 Å². The van der Waals surface area contributed by atoms with Gasteiger partial charge >= 0.3 is 0 Å². The smallest absolute Gasteiger partial charge is 0.126 e. The molecule has 1 saturated carbocycles. The second kappa shape index (κ2) is 4.81. The average molecular weight is 235 g/mol. The van der Waals surface area contributed by atoms with Gasteiger partial charge in [-0.15, -0.1) is 0 Å². The molecule has 1 heterocycles. The standard InChI is InChI=1S/C14H25N3/c1-5-17-10-9-16-13(17)12(15-4)11-7-6-8-14(11,2)3/h9-12,15H,5-8H2,1-4H3. The van der Waals surface area contributed by atoms with Crippen molar-refractivity contribution < 1.29 is 0 Å². The molecule has 0 aromatic carbocycles. The van der Waals surface area contributed by atoms with Crippen LogP contribution in [0.3, 0.4) is 0 Å². The average Bonchev–Trinajstić information content (AvgIpc) is 2.87. The molecule has 96 valence electrons. The summed E-state index contributed by atoms with van der Waals surface area (Å²) in [6, 6.07) is 0.391. The Morgan fingerprint density at radius 1 is 1.59 bits per heavy atom. The molecule has 3 heteroatoms. The summed E-state index contributed by atoms with van der Waals surface area (Å²) in [6.07, 6.45) is 8.01. The van der Waals surface area contributed by atoms with Crippen molar-refractivity contribution in [2.75, 3.05) is 7.05 Å². The van der Waals surface area contributed by atoms with Gasteiger partial charge in [0.05, 0.1) is 6.04 Å². The van der Waals surface area contributed by atoms with Crippen molar-refractivity contribution >= 4 is 0 Å². The minimum Gasteiger partial charge on any atom is -0.334 e. The first kappa shape index (κ1) is 12.6. The van der Waals surface area contributed by atoms with Crippen LogP contribution in [0.1, 0.15) is 51.9 Å². The largest absolute Gasteiger partial charge is 0.334 e. The van der Waals surface area contributed by atoms with Crippen LogP contribution in [-0.2, 0) is 6.54 Å². The van der Waals surface area contributed by atoms with Crippen molar-refractivity contribution in [3.8, 4) is 0 Å². The molecule has 1 N–H and O–H groups in total. The van der Waals surface area contributed by atoms with E-state index in [-0.39, 0.29) is 0 Å². The van der Waals surface area contributed by atoms with Crippen LogP contribution in [0.2, 0.25) is 0 Å². The maximum Gasteiger partial charge on any atom is 0.126 e. The summed E-state index contributed by atoms with van der Waals surface area (Å²) in [4.78, 5) is 4.57. The third kappa shape index (κ3) is 2.25.